The van der Waals surface area contributed by atoms with Crippen LogP contribution in [0.2, 0.25) is 5.16 Å². The molecule has 0 aliphatic rings. The first kappa shape index (κ1) is 15.5. The van der Waals surface area contributed by atoms with Crippen molar-refractivity contribution in [1.82, 2.24) is 0 Å². The van der Waals surface area contributed by atoms with Crippen LogP contribution in [-0.4, -0.2) is 12.0 Å². The molecule has 0 spiro atoms. The average molecular weight is 373 g/mol. The van der Waals surface area contributed by atoms with E-state index in [4.69, 9.17) is 66.5 Å². The van der Waals surface area contributed by atoms with Gasteiger partial charge in [-0.05, 0) is 12.0 Å². The Morgan fingerprint density at radius 1 is 0.812 bits per heavy atom. The van der Waals surface area contributed by atoms with E-state index in [-0.39, 0.29) is 0 Å². The van der Waals surface area contributed by atoms with E-state index in [1.165, 1.54) is 0 Å². The van der Waals surface area contributed by atoms with E-state index in [1.807, 2.05) is 30.3 Å². The van der Waals surface area contributed by atoms with Crippen LogP contribution in [0.1, 0.15) is 5.56 Å². The lowest BCUT2D eigenvalue weighted by Gasteiger charge is -2.26. The van der Waals surface area contributed by atoms with Gasteiger partial charge in [0.2, 0.25) is 0 Å². The molecule has 0 saturated heterocycles. The van der Waals surface area contributed by atoms with Crippen LogP contribution in [0.3, 0.4) is 0 Å². The lowest BCUT2D eigenvalue weighted by Crippen LogP contribution is -2.36. The smallest absolute Gasteiger partial charge is 0.126 e. The van der Waals surface area contributed by atoms with Crippen LogP contribution in [0.25, 0.3) is 0 Å². The second kappa shape index (κ2) is 6.02. The fourth-order valence-electron chi connectivity index (χ4n) is 1.27. The van der Waals surface area contributed by atoms with Gasteiger partial charge in [0.15, 0.2) is 0 Å². The molecule has 1 aromatic rings. The molecular formula is C8H8Cl6Si2. The molecule has 16 heavy (non-hydrogen) atoms. The molecular weight excluding hydrogens is 365 g/mol. The minimum Gasteiger partial charge on any atom is -0.126 e. The summed E-state index contributed by atoms with van der Waals surface area (Å²) in [6.07, 6.45) is 0.506. The van der Waals surface area contributed by atoms with Crippen molar-refractivity contribution in [3.8, 4) is 0 Å². The Labute approximate surface area is 125 Å². The number of benzene rings is 1. The zero-order valence-electron chi connectivity index (χ0n) is 7.94. The van der Waals surface area contributed by atoms with Gasteiger partial charge in [-0.25, -0.2) is 0 Å². The van der Waals surface area contributed by atoms with Crippen LogP contribution in [0.4, 0.5) is 0 Å². The summed E-state index contributed by atoms with van der Waals surface area (Å²) in [6.45, 7) is 0. The molecule has 0 atom stereocenters. The molecule has 1 rings (SSSR count). The molecule has 0 radical (unpaired) electrons. The molecule has 0 N–H and O–H groups in total. The van der Waals surface area contributed by atoms with Crippen molar-refractivity contribution in [2.45, 2.75) is 11.6 Å². The van der Waals surface area contributed by atoms with Gasteiger partial charge in [0.05, 0.1) is 0 Å². The van der Waals surface area contributed by atoms with E-state index >= 15 is 0 Å². The third-order valence-corrected chi connectivity index (χ3v) is 14.7. The standard InChI is InChI=1S/C8H8Cl6Si2/c9-15(10,11)8(16(12,13)14)6-7-4-2-1-3-5-7/h1-5,8H,6H2. The van der Waals surface area contributed by atoms with Crippen molar-refractivity contribution >= 4 is 78.5 Å². The van der Waals surface area contributed by atoms with Crippen LogP contribution < -0.4 is 0 Å². The molecule has 0 heterocycles. The predicted octanol–water partition coefficient (Wildman–Crippen LogP) is 5.45. The van der Waals surface area contributed by atoms with Crippen molar-refractivity contribution in [1.29, 1.82) is 0 Å². The summed E-state index contributed by atoms with van der Waals surface area (Å²) >= 11 is 35.9. The van der Waals surface area contributed by atoms with Gasteiger partial charge in [0, 0.05) is 5.16 Å². The Kier molecular flexibility index (Phi) is 5.82. The second-order valence-corrected chi connectivity index (χ2v) is 21.7. The molecule has 0 aliphatic heterocycles. The van der Waals surface area contributed by atoms with Crippen molar-refractivity contribution in [3.05, 3.63) is 35.9 Å². The van der Waals surface area contributed by atoms with Crippen LogP contribution in [0.5, 0.6) is 0 Å². The highest BCUT2D eigenvalue weighted by molar-refractivity contribution is 7.75. The third kappa shape index (κ3) is 4.95. The summed E-state index contributed by atoms with van der Waals surface area (Å²) in [5, 5.41) is -0.433. The van der Waals surface area contributed by atoms with E-state index < -0.39 is 17.2 Å². The van der Waals surface area contributed by atoms with Crippen molar-refractivity contribution in [2.24, 2.45) is 0 Å². The van der Waals surface area contributed by atoms with Gasteiger partial charge in [-0.3, -0.25) is 0 Å². The fraction of sp³-hybridized carbons (Fsp3) is 0.250. The first-order valence-corrected chi connectivity index (χ1v) is 14.6. The van der Waals surface area contributed by atoms with Crippen molar-refractivity contribution < 1.29 is 0 Å². The zero-order valence-corrected chi connectivity index (χ0v) is 14.5. The highest BCUT2D eigenvalue weighted by atomic mass is 35.8. The topological polar surface area (TPSA) is 0 Å². The Morgan fingerprint density at radius 3 is 1.62 bits per heavy atom. The SMILES string of the molecule is Cl[Si](Cl)(Cl)C(Cc1ccccc1)[Si](Cl)(Cl)Cl. The number of halogens is 6. The molecule has 0 bridgehead atoms. The summed E-state index contributed by atoms with van der Waals surface area (Å²) in [4.78, 5) is 0. The fourth-order valence-corrected chi connectivity index (χ4v) is 18.4. The van der Waals surface area contributed by atoms with Gasteiger partial charge in [0.25, 0.3) is 0 Å². The quantitative estimate of drug-likeness (QED) is 0.487. The highest BCUT2D eigenvalue weighted by Crippen LogP contribution is 2.47. The number of hydrogen-bond donors (Lipinski definition) is 0. The van der Waals surface area contributed by atoms with E-state index in [1.54, 1.807) is 0 Å². The van der Waals surface area contributed by atoms with E-state index in [0.29, 0.717) is 6.42 Å². The lowest BCUT2D eigenvalue weighted by molar-refractivity contribution is 1.05. The van der Waals surface area contributed by atoms with Gasteiger partial charge in [-0.2, -0.15) is 0 Å². The summed E-state index contributed by atoms with van der Waals surface area (Å²) in [6, 6.07) is 3.55. The van der Waals surface area contributed by atoms with E-state index in [2.05, 4.69) is 0 Å². The molecule has 0 unspecified atom stereocenters. The number of rotatable bonds is 4. The van der Waals surface area contributed by atoms with Crippen LogP contribution in [0, 0.1) is 0 Å². The maximum absolute atomic E-state index is 5.98. The van der Waals surface area contributed by atoms with Gasteiger partial charge in [-0.15, -0.1) is 66.5 Å². The minimum absolute atomic E-state index is 0.433. The molecule has 0 nitrogen and oxygen atoms in total. The molecule has 0 amide bonds. The number of hydrogen-bond acceptors (Lipinski definition) is 0. The second-order valence-electron chi connectivity index (χ2n) is 3.33. The van der Waals surface area contributed by atoms with Gasteiger partial charge >= 0.3 is 12.0 Å². The average Bonchev–Trinajstić information content (AvgIpc) is 2.12. The lowest BCUT2D eigenvalue weighted by atomic mass is 10.2. The van der Waals surface area contributed by atoms with Crippen molar-refractivity contribution in [3.63, 3.8) is 0 Å². The Morgan fingerprint density at radius 2 is 1.25 bits per heavy atom. The molecule has 0 aromatic heterocycles. The monoisotopic (exact) mass is 370 g/mol. The first-order chi connectivity index (χ1) is 7.21. The summed E-state index contributed by atoms with van der Waals surface area (Å²) in [5.74, 6) is 0. The molecule has 8 heteroatoms. The van der Waals surface area contributed by atoms with Crippen LogP contribution >= 0.6 is 66.5 Å². The summed E-state index contributed by atoms with van der Waals surface area (Å²) < 4.78 is 0. The summed E-state index contributed by atoms with van der Waals surface area (Å²) in [5.41, 5.74) is 1.02. The zero-order chi connectivity index (χ0) is 12.4. The first-order valence-electron chi connectivity index (χ1n) is 4.38. The van der Waals surface area contributed by atoms with E-state index in [9.17, 15) is 0 Å². The summed E-state index contributed by atoms with van der Waals surface area (Å²) in [7, 11) is 0. The van der Waals surface area contributed by atoms with Gasteiger partial charge < -0.3 is 0 Å². The third-order valence-electron chi connectivity index (χ3n) is 2.07. The molecule has 0 saturated carbocycles. The maximum atomic E-state index is 5.98. The molecule has 0 aliphatic carbocycles. The van der Waals surface area contributed by atoms with Gasteiger partial charge in [0.1, 0.15) is 0 Å². The van der Waals surface area contributed by atoms with Gasteiger partial charge in [-0.1, -0.05) is 30.3 Å². The predicted molar refractivity (Wildman–Crippen MR) is 80.5 cm³/mol. The van der Waals surface area contributed by atoms with Crippen molar-refractivity contribution in [2.75, 3.05) is 0 Å². The van der Waals surface area contributed by atoms with Crippen LogP contribution in [-0.2, 0) is 6.42 Å². The van der Waals surface area contributed by atoms with E-state index in [0.717, 1.165) is 5.56 Å². The normalized spacial score (nSPS) is 13.2. The largest absolute Gasteiger partial charge is 0.345 e. The van der Waals surface area contributed by atoms with Crippen LogP contribution in [0.15, 0.2) is 30.3 Å². The Hall–Kier alpha value is 1.39. The molecule has 1 aromatic carbocycles. The molecule has 90 valence electrons. The highest BCUT2D eigenvalue weighted by Gasteiger charge is 2.51. The minimum atomic E-state index is -3.02. The Balaban J connectivity index is 2.89. The molecule has 0 fully saturated rings. The maximum Gasteiger partial charge on any atom is 0.345 e. The Bertz CT molecular complexity index is 317.